The first kappa shape index (κ1) is 14.0. The summed E-state index contributed by atoms with van der Waals surface area (Å²) in [6.07, 6.45) is 0.175. The van der Waals surface area contributed by atoms with Gasteiger partial charge in [0.15, 0.2) is 0 Å². The number of amides is 1. The van der Waals surface area contributed by atoms with Gasteiger partial charge in [-0.1, -0.05) is 23.8 Å². The minimum Gasteiger partial charge on any atom is -0.393 e. The molecular formula is C15H21NO3. The summed E-state index contributed by atoms with van der Waals surface area (Å²) in [6, 6.07) is 6.14. The minimum absolute atomic E-state index is 0.0631. The molecule has 0 bridgehead atoms. The van der Waals surface area contributed by atoms with E-state index in [2.05, 4.69) is 11.4 Å². The summed E-state index contributed by atoms with van der Waals surface area (Å²) >= 11 is 0. The Bertz CT molecular complexity index is 478. The lowest BCUT2D eigenvalue weighted by molar-refractivity contribution is -0.131. The van der Waals surface area contributed by atoms with E-state index in [0.29, 0.717) is 19.6 Å². The van der Waals surface area contributed by atoms with Crippen molar-refractivity contribution in [1.29, 1.82) is 0 Å². The van der Waals surface area contributed by atoms with Gasteiger partial charge in [0.1, 0.15) is 5.54 Å². The van der Waals surface area contributed by atoms with E-state index in [0.717, 1.165) is 16.7 Å². The van der Waals surface area contributed by atoms with Crippen LogP contribution in [0.5, 0.6) is 0 Å². The number of aryl methyl sites for hydroxylation is 1. The molecule has 1 amide bonds. The van der Waals surface area contributed by atoms with Crippen molar-refractivity contribution in [3.63, 3.8) is 0 Å². The Hall–Kier alpha value is -1.39. The van der Waals surface area contributed by atoms with Gasteiger partial charge in [0.05, 0.1) is 19.3 Å². The van der Waals surface area contributed by atoms with Crippen molar-refractivity contribution in [3.8, 4) is 0 Å². The fraction of sp³-hybridized carbons (Fsp3) is 0.533. The first-order valence-corrected chi connectivity index (χ1v) is 6.57. The zero-order valence-electron chi connectivity index (χ0n) is 11.7. The molecule has 19 heavy (non-hydrogen) atoms. The van der Waals surface area contributed by atoms with Gasteiger partial charge >= 0.3 is 0 Å². The number of aliphatic hydroxyl groups excluding tert-OH is 1. The van der Waals surface area contributed by atoms with Crippen molar-refractivity contribution in [2.24, 2.45) is 0 Å². The normalized spacial score (nSPS) is 18.5. The first-order chi connectivity index (χ1) is 8.93. The number of aliphatic hydroxyl groups is 1. The summed E-state index contributed by atoms with van der Waals surface area (Å²) < 4.78 is 5.31. The Kier molecular flexibility index (Phi) is 3.92. The average molecular weight is 263 g/mol. The number of hydrogen-bond acceptors (Lipinski definition) is 3. The maximum Gasteiger partial charge on any atom is 0.217 e. The largest absolute Gasteiger partial charge is 0.393 e. The van der Waals surface area contributed by atoms with Crippen molar-refractivity contribution in [2.45, 2.75) is 38.8 Å². The summed E-state index contributed by atoms with van der Waals surface area (Å²) in [4.78, 5) is 11.4. The number of rotatable bonds is 4. The smallest absolute Gasteiger partial charge is 0.217 e. The van der Waals surface area contributed by atoms with Gasteiger partial charge in [0, 0.05) is 6.92 Å². The van der Waals surface area contributed by atoms with Crippen LogP contribution in [0.25, 0.3) is 0 Å². The average Bonchev–Trinajstić information content (AvgIpc) is 2.23. The minimum atomic E-state index is -0.427. The molecule has 2 N–H and O–H groups in total. The molecule has 1 unspecified atom stereocenters. The van der Waals surface area contributed by atoms with E-state index in [4.69, 9.17) is 4.74 Å². The van der Waals surface area contributed by atoms with Crippen molar-refractivity contribution < 1.29 is 14.6 Å². The number of hydrogen-bond donors (Lipinski definition) is 2. The van der Waals surface area contributed by atoms with Gasteiger partial charge in [-0.15, -0.1) is 0 Å². The van der Waals surface area contributed by atoms with Crippen LogP contribution in [0.15, 0.2) is 18.2 Å². The van der Waals surface area contributed by atoms with Crippen LogP contribution in [-0.4, -0.2) is 30.3 Å². The molecule has 0 aromatic heterocycles. The quantitative estimate of drug-likeness (QED) is 0.860. The fourth-order valence-corrected chi connectivity index (χ4v) is 2.61. The van der Waals surface area contributed by atoms with Gasteiger partial charge in [-0.05, 0) is 31.4 Å². The highest BCUT2D eigenvalue weighted by atomic mass is 16.5. The number of carbonyl (C=O) groups is 1. The fourth-order valence-electron chi connectivity index (χ4n) is 2.61. The zero-order valence-corrected chi connectivity index (χ0v) is 11.7. The van der Waals surface area contributed by atoms with Crippen LogP contribution < -0.4 is 5.32 Å². The van der Waals surface area contributed by atoms with Crippen LogP contribution in [-0.2, 0) is 21.5 Å². The van der Waals surface area contributed by atoms with Gasteiger partial charge in [-0.3, -0.25) is 4.79 Å². The van der Waals surface area contributed by atoms with Crippen LogP contribution in [0, 0.1) is 6.92 Å². The highest BCUT2D eigenvalue weighted by Gasteiger charge is 2.42. The van der Waals surface area contributed by atoms with Crippen LogP contribution >= 0.6 is 0 Å². The third-order valence-corrected chi connectivity index (χ3v) is 3.40. The molecule has 4 heteroatoms. The number of benzene rings is 1. The molecule has 1 aromatic rings. The van der Waals surface area contributed by atoms with Crippen molar-refractivity contribution >= 4 is 5.91 Å². The summed E-state index contributed by atoms with van der Waals surface area (Å²) in [7, 11) is 0. The SMILES string of the molecule is CC(=O)NC1(c2ccc(C)cc2CC(C)O)COC1. The topological polar surface area (TPSA) is 58.6 Å². The highest BCUT2D eigenvalue weighted by Crippen LogP contribution is 2.33. The maximum atomic E-state index is 11.4. The summed E-state index contributed by atoms with van der Waals surface area (Å²) in [5.74, 6) is -0.0631. The standard InChI is InChI=1S/C15H21NO3/c1-10-4-5-14(13(6-10)7-11(2)17)15(8-19-9-15)16-12(3)18/h4-6,11,17H,7-9H2,1-3H3,(H,16,18). The predicted octanol–water partition coefficient (Wildman–Crippen LogP) is 1.28. The molecule has 104 valence electrons. The molecule has 1 fully saturated rings. The second kappa shape index (κ2) is 5.31. The molecule has 1 atom stereocenters. The molecular weight excluding hydrogens is 242 g/mol. The van der Waals surface area contributed by atoms with E-state index in [1.54, 1.807) is 6.92 Å². The summed E-state index contributed by atoms with van der Waals surface area (Å²) in [5, 5.41) is 12.6. The van der Waals surface area contributed by atoms with E-state index < -0.39 is 11.6 Å². The monoisotopic (exact) mass is 263 g/mol. The number of ether oxygens (including phenoxy) is 1. The molecule has 0 spiro atoms. The van der Waals surface area contributed by atoms with Crippen molar-refractivity contribution in [2.75, 3.05) is 13.2 Å². The van der Waals surface area contributed by atoms with Crippen LogP contribution in [0.1, 0.15) is 30.5 Å². The lowest BCUT2D eigenvalue weighted by atomic mass is 9.82. The van der Waals surface area contributed by atoms with Gasteiger partial charge in [-0.25, -0.2) is 0 Å². The Balaban J connectivity index is 2.39. The van der Waals surface area contributed by atoms with Crippen LogP contribution in [0.3, 0.4) is 0 Å². The second-order valence-electron chi connectivity index (χ2n) is 5.47. The van der Waals surface area contributed by atoms with Gasteiger partial charge < -0.3 is 15.2 Å². The van der Waals surface area contributed by atoms with Gasteiger partial charge in [0.2, 0.25) is 5.91 Å². The number of carbonyl (C=O) groups excluding carboxylic acids is 1. The highest BCUT2D eigenvalue weighted by molar-refractivity contribution is 5.74. The molecule has 1 aliphatic rings. The molecule has 0 radical (unpaired) electrons. The van der Waals surface area contributed by atoms with E-state index in [1.807, 2.05) is 19.1 Å². The Morgan fingerprint density at radius 3 is 2.68 bits per heavy atom. The molecule has 4 nitrogen and oxygen atoms in total. The first-order valence-electron chi connectivity index (χ1n) is 6.57. The molecule has 0 saturated carbocycles. The molecule has 1 aromatic carbocycles. The molecule has 2 rings (SSSR count). The third kappa shape index (κ3) is 2.96. The number of nitrogens with one attached hydrogen (secondary N) is 1. The van der Waals surface area contributed by atoms with E-state index in [-0.39, 0.29) is 5.91 Å². The van der Waals surface area contributed by atoms with Crippen LogP contribution in [0.4, 0.5) is 0 Å². The molecule has 1 aliphatic heterocycles. The van der Waals surface area contributed by atoms with Crippen LogP contribution in [0.2, 0.25) is 0 Å². The lowest BCUT2D eigenvalue weighted by Gasteiger charge is -2.43. The van der Waals surface area contributed by atoms with Gasteiger partial charge in [0.25, 0.3) is 0 Å². The Morgan fingerprint density at radius 1 is 1.53 bits per heavy atom. The Morgan fingerprint density at radius 2 is 2.21 bits per heavy atom. The predicted molar refractivity (Wildman–Crippen MR) is 72.9 cm³/mol. The summed E-state index contributed by atoms with van der Waals surface area (Å²) in [5.41, 5.74) is 2.86. The van der Waals surface area contributed by atoms with Gasteiger partial charge in [-0.2, -0.15) is 0 Å². The third-order valence-electron chi connectivity index (χ3n) is 3.40. The lowest BCUT2D eigenvalue weighted by Crippen LogP contribution is -2.59. The molecule has 1 heterocycles. The maximum absolute atomic E-state index is 11.4. The molecule has 1 saturated heterocycles. The second-order valence-corrected chi connectivity index (χ2v) is 5.47. The summed E-state index contributed by atoms with van der Waals surface area (Å²) in [6.45, 7) is 6.29. The van der Waals surface area contributed by atoms with Crippen molar-refractivity contribution in [1.82, 2.24) is 5.32 Å². The zero-order chi connectivity index (χ0) is 14.0. The molecule has 0 aliphatic carbocycles. The Labute approximate surface area is 113 Å². The van der Waals surface area contributed by atoms with E-state index in [1.165, 1.54) is 6.92 Å². The van der Waals surface area contributed by atoms with E-state index >= 15 is 0 Å². The van der Waals surface area contributed by atoms with Crippen molar-refractivity contribution in [3.05, 3.63) is 34.9 Å². The van der Waals surface area contributed by atoms with E-state index in [9.17, 15) is 9.90 Å².